The van der Waals surface area contributed by atoms with Crippen LogP contribution in [0.4, 0.5) is 26.7 Å². The Morgan fingerprint density at radius 2 is 1.64 bits per heavy atom. The summed E-state index contributed by atoms with van der Waals surface area (Å²) in [5.41, 5.74) is -3.35. The van der Waals surface area contributed by atoms with Crippen LogP contribution in [-0.2, 0) is 22.1 Å². The Morgan fingerprint density at radius 1 is 1.16 bits per heavy atom. The number of hydrogen-bond donors (Lipinski definition) is 2. The van der Waals surface area contributed by atoms with Crippen LogP contribution in [0.1, 0.15) is 31.9 Å². The second-order valence-electron chi connectivity index (χ2n) is 6.17. The van der Waals surface area contributed by atoms with Crippen LogP contribution < -0.4 is 5.32 Å². The van der Waals surface area contributed by atoms with Crippen LogP contribution in [0.3, 0.4) is 0 Å². The summed E-state index contributed by atoms with van der Waals surface area (Å²) in [5.74, 6) is -5.29. The number of amides is 1. The number of ether oxygens (including phenoxy) is 1. The van der Waals surface area contributed by atoms with Gasteiger partial charge in [-0.05, 0) is 38.5 Å². The van der Waals surface area contributed by atoms with Crippen molar-refractivity contribution in [3.05, 3.63) is 34.9 Å². The average molecular weight is 369 g/mol. The Hall–Kier alpha value is -2.39. The molecule has 1 amide bonds. The molecule has 0 aromatic heterocycles. The highest BCUT2D eigenvalue weighted by atomic mass is 19.4. The number of aliphatic carboxylic acids is 1. The largest absolute Gasteiger partial charge is 0.480 e. The van der Waals surface area contributed by atoms with Crippen LogP contribution in [-0.4, -0.2) is 28.8 Å². The van der Waals surface area contributed by atoms with Gasteiger partial charge in [0.15, 0.2) is 0 Å². The molecule has 0 saturated carbocycles. The van der Waals surface area contributed by atoms with Gasteiger partial charge in [0, 0.05) is 6.42 Å². The van der Waals surface area contributed by atoms with Gasteiger partial charge in [0.05, 0.1) is 0 Å². The minimum atomic E-state index is -5.23. The molecule has 0 radical (unpaired) electrons. The number of halogens is 5. The van der Waals surface area contributed by atoms with Crippen molar-refractivity contribution >= 4 is 12.1 Å². The number of alkyl halides is 3. The van der Waals surface area contributed by atoms with Gasteiger partial charge in [0.1, 0.15) is 28.8 Å². The second kappa shape index (κ2) is 7.24. The van der Waals surface area contributed by atoms with E-state index in [9.17, 15) is 31.5 Å². The van der Waals surface area contributed by atoms with E-state index in [2.05, 4.69) is 0 Å². The molecule has 0 spiro atoms. The van der Waals surface area contributed by atoms with Crippen molar-refractivity contribution in [2.24, 2.45) is 0 Å². The Morgan fingerprint density at radius 3 is 2.00 bits per heavy atom. The molecule has 10 heteroatoms. The third-order valence-corrected chi connectivity index (χ3v) is 2.81. The number of carbonyl (C=O) groups is 2. The van der Waals surface area contributed by atoms with Crippen LogP contribution in [0, 0.1) is 11.6 Å². The molecule has 5 nitrogen and oxygen atoms in total. The molecule has 0 aliphatic carbocycles. The van der Waals surface area contributed by atoms with Gasteiger partial charge in [-0.1, -0.05) is 0 Å². The first-order valence-corrected chi connectivity index (χ1v) is 6.98. The van der Waals surface area contributed by atoms with E-state index < -0.39 is 53.5 Å². The number of hydrogen-bond acceptors (Lipinski definition) is 3. The summed E-state index contributed by atoms with van der Waals surface area (Å²) in [7, 11) is 0. The number of rotatable bonds is 4. The monoisotopic (exact) mass is 369 g/mol. The van der Waals surface area contributed by atoms with E-state index in [1.807, 2.05) is 5.32 Å². The average Bonchev–Trinajstić information content (AvgIpc) is 2.32. The van der Waals surface area contributed by atoms with Crippen LogP contribution in [0.5, 0.6) is 0 Å². The van der Waals surface area contributed by atoms with Gasteiger partial charge in [-0.25, -0.2) is 18.4 Å². The fraction of sp³-hybridized carbons (Fsp3) is 0.467. The van der Waals surface area contributed by atoms with Gasteiger partial charge < -0.3 is 15.2 Å². The topological polar surface area (TPSA) is 75.6 Å². The molecule has 0 heterocycles. The van der Waals surface area contributed by atoms with Crippen molar-refractivity contribution < 1.29 is 41.4 Å². The highest BCUT2D eigenvalue weighted by Crippen LogP contribution is 2.34. The first-order valence-electron chi connectivity index (χ1n) is 6.98. The predicted molar refractivity (Wildman–Crippen MR) is 75.9 cm³/mol. The summed E-state index contributed by atoms with van der Waals surface area (Å²) in [6, 6.07) is -0.901. The molecular weight excluding hydrogens is 353 g/mol. The van der Waals surface area contributed by atoms with E-state index in [1.54, 1.807) is 0 Å². The van der Waals surface area contributed by atoms with E-state index in [1.165, 1.54) is 20.8 Å². The molecule has 1 unspecified atom stereocenters. The third-order valence-electron chi connectivity index (χ3n) is 2.81. The number of carbonyl (C=O) groups excluding carboxylic acids is 1. The lowest BCUT2D eigenvalue weighted by molar-refractivity contribution is -0.142. The van der Waals surface area contributed by atoms with Crippen LogP contribution in [0.15, 0.2) is 12.1 Å². The first kappa shape index (κ1) is 20.7. The summed E-state index contributed by atoms with van der Waals surface area (Å²) in [6.07, 6.45) is -6.96. The molecule has 25 heavy (non-hydrogen) atoms. The number of nitrogens with one attached hydrogen (secondary N) is 1. The maximum Gasteiger partial charge on any atom is 0.422 e. The van der Waals surface area contributed by atoms with E-state index in [-0.39, 0.29) is 5.56 Å². The molecule has 0 bridgehead atoms. The van der Waals surface area contributed by atoms with E-state index in [0.29, 0.717) is 12.1 Å². The summed E-state index contributed by atoms with van der Waals surface area (Å²) in [4.78, 5) is 22.8. The van der Waals surface area contributed by atoms with E-state index in [0.717, 1.165) is 0 Å². The zero-order chi connectivity index (χ0) is 19.6. The Kier molecular flexibility index (Phi) is 5.98. The zero-order valence-corrected chi connectivity index (χ0v) is 13.5. The summed E-state index contributed by atoms with van der Waals surface area (Å²) >= 11 is 0. The Balaban J connectivity index is 3.00. The smallest absolute Gasteiger partial charge is 0.422 e. The summed E-state index contributed by atoms with van der Waals surface area (Å²) < 4.78 is 69.4. The van der Waals surface area contributed by atoms with Gasteiger partial charge in [-0.3, -0.25) is 0 Å². The summed E-state index contributed by atoms with van der Waals surface area (Å²) in [6.45, 7) is 4.59. The minimum Gasteiger partial charge on any atom is -0.480 e. The van der Waals surface area contributed by atoms with Crippen molar-refractivity contribution in [3.63, 3.8) is 0 Å². The van der Waals surface area contributed by atoms with Gasteiger partial charge in [-0.2, -0.15) is 13.2 Å². The highest BCUT2D eigenvalue weighted by molar-refractivity contribution is 5.80. The van der Waals surface area contributed by atoms with Gasteiger partial charge in [0.2, 0.25) is 0 Å². The first-order chi connectivity index (χ1) is 11.2. The predicted octanol–water partition coefficient (Wildman–Crippen LogP) is 3.50. The molecule has 0 fully saturated rings. The molecule has 1 aromatic rings. The number of carboxylic acid groups (broad SMARTS) is 1. The van der Waals surface area contributed by atoms with Crippen LogP contribution >= 0.6 is 0 Å². The van der Waals surface area contributed by atoms with Gasteiger partial charge in [-0.15, -0.1) is 0 Å². The number of carboxylic acids is 1. The van der Waals surface area contributed by atoms with E-state index in [4.69, 9.17) is 9.84 Å². The van der Waals surface area contributed by atoms with Crippen molar-refractivity contribution in [1.29, 1.82) is 0 Å². The lowest BCUT2D eigenvalue weighted by Crippen LogP contribution is -2.44. The van der Waals surface area contributed by atoms with Crippen LogP contribution in [0.2, 0.25) is 0 Å². The number of benzene rings is 1. The molecule has 1 rings (SSSR count). The van der Waals surface area contributed by atoms with E-state index >= 15 is 0 Å². The van der Waals surface area contributed by atoms with Crippen molar-refractivity contribution in [2.45, 2.75) is 45.0 Å². The Labute approximate surface area is 139 Å². The quantitative estimate of drug-likeness (QED) is 0.797. The van der Waals surface area contributed by atoms with Crippen LogP contribution in [0.25, 0.3) is 0 Å². The zero-order valence-electron chi connectivity index (χ0n) is 13.5. The van der Waals surface area contributed by atoms with Crippen molar-refractivity contribution in [2.75, 3.05) is 0 Å². The fourth-order valence-corrected chi connectivity index (χ4v) is 1.90. The molecule has 2 N–H and O–H groups in total. The lowest BCUT2D eigenvalue weighted by atomic mass is 10.0. The number of alkyl carbamates (subject to hydrolysis) is 1. The standard InChI is InChI=1S/C15H16F5NO4/c1-14(2,3)25-13(24)21-10(12(22)23)6-7-4-8(16)11(9(17)5-7)15(18,19)20/h4-5,10H,6H2,1-3H3,(H,21,24)(H,22,23). The third kappa shape index (κ3) is 6.20. The van der Waals surface area contributed by atoms with Gasteiger partial charge >= 0.3 is 18.2 Å². The molecule has 140 valence electrons. The minimum absolute atomic E-state index is 0.369. The molecule has 0 saturated heterocycles. The molecule has 0 aliphatic rings. The van der Waals surface area contributed by atoms with Crippen molar-refractivity contribution in [3.8, 4) is 0 Å². The molecule has 1 atom stereocenters. The molecule has 0 aliphatic heterocycles. The molecular formula is C15H16F5NO4. The second-order valence-corrected chi connectivity index (χ2v) is 6.17. The SMILES string of the molecule is CC(C)(C)OC(=O)NC(Cc1cc(F)c(C(F)(F)F)c(F)c1)C(=O)O. The maximum atomic E-state index is 13.5. The molecule has 1 aromatic carbocycles. The van der Waals surface area contributed by atoms with Crippen molar-refractivity contribution in [1.82, 2.24) is 5.32 Å². The lowest BCUT2D eigenvalue weighted by Gasteiger charge is -2.22. The normalized spacial score (nSPS) is 13.3. The highest BCUT2D eigenvalue weighted by Gasteiger charge is 2.38. The van der Waals surface area contributed by atoms with Gasteiger partial charge in [0.25, 0.3) is 0 Å². The maximum absolute atomic E-state index is 13.5. The Bertz CT molecular complexity index is 644. The fourth-order valence-electron chi connectivity index (χ4n) is 1.90. The summed E-state index contributed by atoms with van der Waals surface area (Å²) in [5, 5.41) is 11.0.